The number of aliphatic hydroxyl groups excluding tert-OH is 1. The molecule has 0 aromatic heterocycles. The summed E-state index contributed by atoms with van der Waals surface area (Å²) in [5.74, 6) is 0.484. The van der Waals surface area contributed by atoms with Crippen molar-refractivity contribution in [3.63, 3.8) is 0 Å². The number of halogens is 1. The van der Waals surface area contributed by atoms with Gasteiger partial charge in [-0.1, -0.05) is 51.8 Å². The lowest BCUT2D eigenvalue weighted by Crippen LogP contribution is -2.53. The van der Waals surface area contributed by atoms with Crippen LogP contribution in [0.3, 0.4) is 0 Å². The lowest BCUT2D eigenvalue weighted by Gasteiger charge is -2.35. The molecule has 1 rings (SSSR count). The van der Waals surface area contributed by atoms with Crippen LogP contribution in [0.4, 0.5) is 4.79 Å². The number of alkyl carbamates (subject to hydrolysis) is 1. The molecule has 0 bridgehead atoms. The molecule has 0 aliphatic heterocycles. The molecule has 10 heteroatoms. The van der Waals surface area contributed by atoms with E-state index in [1.165, 1.54) is 0 Å². The van der Waals surface area contributed by atoms with Crippen molar-refractivity contribution in [2.45, 2.75) is 112 Å². The van der Waals surface area contributed by atoms with Gasteiger partial charge in [0.05, 0.1) is 23.8 Å². The molecule has 9 nitrogen and oxygen atoms in total. The Morgan fingerprint density at radius 1 is 1.09 bits per heavy atom. The Bertz CT molecular complexity index is 968. The first-order chi connectivity index (χ1) is 20.1. The third-order valence-electron chi connectivity index (χ3n) is 7.42. The lowest BCUT2D eigenvalue weighted by molar-refractivity contribution is -0.127. The summed E-state index contributed by atoms with van der Waals surface area (Å²) in [7, 11) is 1.65. The topological polar surface area (TPSA) is 109 Å². The summed E-state index contributed by atoms with van der Waals surface area (Å²) in [6.07, 6.45) is 0.327. The maximum absolute atomic E-state index is 13.1. The van der Waals surface area contributed by atoms with Crippen molar-refractivity contribution in [1.29, 1.82) is 0 Å². The maximum atomic E-state index is 13.1. The smallest absolute Gasteiger partial charge is 0.408 e. The first-order valence-corrected chi connectivity index (χ1v) is 16.0. The van der Waals surface area contributed by atoms with Gasteiger partial charge in [-0.05, 0) is 70.6 Å². The van der Waals surface area contributed by atoms with Gasteiger partial charge in [-0.2, -0.15) is 0 Å². The number of carbonyl (C=O) groups excluding carboxylic acids is 2. The fourth-order valence-electron chi connectivity index (χ4n) is 4.47. The van der Waals surface area contributed by atoms with Crippen LogP contribution in [0.15, 0.2) is 18.2 Å². The van der Waals surface area contributed by atoms with Crippen molar-refractivity contribution in [1.82, 2.24) is 15.5 Å². The molecule has 0 fully saturated rings. The summed E-state index contributed by atoms with van der Waals surface area (Å²) in [5, 5.41) is 18.0. The molecule has 43 heavy (non-hydrogen) atoms. The van der Waals surface area contributed by atoms with Gasteiger partial charge in [-0.15, -0.1) is 0 Å². The number of rotatable bonds is 19. The third-order valence-corrected chi connectivity index (χ3v) is 7.73. The molecule has 0 aliphatic carbocycles. The van der Waals surface area contributed by atoms with Crippen LogP contribution in [-0.2, 0) is 20.8 Å². The first-order valence-electron chi connectivity index (χ1n) is 15.7. The summed E-state index contributed by atoms with van der Waals surface area (Å²) in [6, 6.07) is 5.09. The van der Waals surface area contributed by atoms with Crippen molar-refractivity contribution >= 4 is 23.6 Å². The molecule has 4 atom stereocenters. The highest BCUT2D eigenvalue weighted by Gasteiger charge is 2.32. The number of nitrogens with one attached hydrogen (secondary N) is 2. The second kappa shape index (κ2) is 19.3. The number of aliphatic hydroxyl groups is 1. The van der Waals surface area contributed by atoms with E-state index in [-0.39, 0.29) is 24.3 Å². The fraction of sp³-hybridized carbons (Fsp3) is 0.758. The van der Waals surface area contributed by atoms with Crippen LogP contribution >= 0.6 is 11.6 Å². The molecule has 0 aliphatic rings. The summed E-state index contributed by atoms with van der Waals surface area (Å²) < 4.78 is 16.5. The van der Waals surface area contributed by atoms with Gasteiger partial charge in [0.15, 0.2) is 0 Å². The highest BCUT2D eigenvalue weighted by atomic mass is 35.5. The van der Waals surface area contributed by atoms with E-state index in [1.54, 1.807) is 27.9 Å². The first kappa shape index (κ1) is 39.0. The molecular weight excluding hydrogens is 570 g/mol. The largest absolute Gasteiger partial charge is 0.492 e. The Labute approximate surface area is 265 Å². The molecule has 0 radical (unpaired) electrons. The summed E-state index contributed by atoms with van der Waals surface area (Å²) in [6.45, 7) is 20.2. The van der Waals surface area contributed by atoms with Crippen molar-refractivity contribution in [2.75, 3.05) is 33.4 Å². The zero-order valence-electron chi connectivity index (χ0n) is 28.2. The number of hydrogen-bond donors (Lipinski definition) is 3. The summed E-state index contributed by atoms with van der Waals surface area (Å²) in [4.78, 5) is 28.2. The standard InChI is InChI=1S/C33H58ClN3O6/c1-11-24(6)19-35-31(39)26(22(2)3)18-29(38)28(36-32(40)43-33(7,8)9)21-37(23(4)5)20-25-13-14-27(34)30(17-25)42-16-12-15-41-10/h13-14,17,22-24,26,28-29,38H,11-12,15-16,18-21H2,1-10H3,(H,35,39)(H,36,40)/t24-,26-,28-,29-/m0/s1. The van der Waals surface area contributed by atoms with Crippen molar-refractivity contribution in [3.8, 4) is 5.75 Å². The number of methoxy groups -OCH3 is 1. The fourth-order valence-corrected chi connectivity index (χ4v) is 4.64. The van der Waals surface area contributed by atoms with Crippen molar-refractivity contribution in [2.24, 2.45) is 17.8 Å². The van der Waals surface area contributed by atoms with Gasteiger partial charge < -0.3 is 30.0 Å². The lowest BCUT2D eigenvalue weighted by atomic mass is 9.87. The number of ether oxygens (including phenoxy) is 3. The van der Waals surface area contributed by atoms with Gasteiger partial charge in [0.25, 0.3) is 0 Å². The maximum Gasteiger partial charge on any atom is 0.408 e. The number of hydrogen-bond acceptors (Lipinski definition) is 7. The normalized spacial score (nSPS) is 14.9. The zero-order valence-corrected chi connectivity index (χ0v) is 28.9. The Balaban J connectivity index is 3.18. The van der Waals surface area contributed by atoms with E-state index < -0.39 is 29.8 Å². The summed E-state index contributed by atoms with van der Waals surface area (Å²) >= 11 is 6.39. The zero-order chi connectivity index (χ0) is 32.7. The minimum atomic E-state index is -0.986. The highest BCUT2D eigenvalue weighted by Crippen LogP contribution is 2.27. The molecular formula is C33H58ClN3O6. The molecule has 0 spiro atoms. The Kier molecular flexibility index (Phi) is 17.5. The summed E-state index contributed by atoms with van der Waals surface area (Å²) in [5.41, 5.74) is 0.284. The monoisotopic (exact) mass is 627 g/mol. The van der Waals surface area contributed by atoms with E-state index in [1.807, 2.05) is 32.0 Å². The van der Waals surface area contributed by atoms with Crippen LogP contribution in [0.5, 0.6) is 5.75 Å². The van der Waals surface area contributed by atoms with Crippen LogP contribution in [0.25, 0.3) is 0 Å². The van der Waals surface area contributed by atoms with Gasteiger partial charge in [0.1, 0.15) is 11.4 Å². The third kappa shape index (κ3) is 15.5. The van der Waals surface area contributed by atoms with E-state index in [0.717, 1.165) is 18.4 Å². The number of carbonyl (C=O) groups is 2. The molecule has 0 saturated carbocycles. The Morgan fingerprint density at radius 3 is 2.33 bits per heavy atom. The molecule has 248 valence electrons. The van der Waals surface area contributed by atoms with E-state index in [9.17, 15) is 14.7 Å². The minimum absolute atomic E-state index is 0.00587. The highest BCUT2D eigenvalue weighted by molar-refractivity contribution is 6.32. The SMILES string of the molecule is CC[C@H](C)CNC(=O)[C@@H](C[C@H](O)[C@H](CN(Cc1ccc(Cl)c(OCCCOC)c1)C(C)C)NC(=O)OC(C)(C)C)C(C)C. The van der Waals surface area contributed by atoms with Crippen LogP contribution < -0.4 is 15.4 Å². The second-order valence-electron chi connectivity index (χ2n) is 13.1. The van der Waals surface area contributed by atoms with Gasteiger partial charge in [0.2, 0.25) is 5.91 Å². The van der Waals surface area contributed by atoms with Crippen LogP contribution in [0.1, 0.15) is 87.1 Å². The number of amides is 2. The molecule has 3 N–H and O–H groups in total. The van der Waals surface area contributed by atoms with Crippen molar-refractivity contribution < 1.29 is 28.9 Å². The molecule has 0 heterocycles. The molecule has 1 aromatic carbocycles. The van der Waals surface area contributed by atoms with E-state index in [2.05, 4.69) is 43.2 Å². The van der Waals surface area contributed by atoms with Gasteiger partial charge in [-0.3, -0.25) is 9.69 Å². The minimum Gasteiger partial charge on any atom is -0.492 e. The Hall–Kier alpha value is -2.07. The van der Waals surface area contributed by atoms with Gasteiger partial charge in [-0.25, -0.2) is 4.79 Å². The molecule has 0 unspecified atom stereocenters. The average Bonchev–Trinajstić information content (AvgIpc) is 2.91. The average molecular weight is 628 g/mol. The van der Waals surface area contributed by atoms with E-state index >= 15 is 0 Å². The van der Waals surface area contributed by atoms with Gasteiger partial charge in [0, 0.05) is 51.7 Å². The Morgan fingerprint density at radius 2 is 1.77 bits per heavy atom. The predicted molar refractivity (Wildman–Crippen MR) is 174 cm³/mol. The van der Waals surface area contributed by atoms with Gasteiger partial charge >= 0.3 is 6.09 Å². The van der Waals surface area contributed by atoms with E-state index in [4.69, 9.17) is 25.8 Å². The number of benzene rings is 1. The van der Waals surface area contributed by atoms with Crippen LogP contribution in [0.2, 0.25) is 5.02 Å². The predicted octanol–water partition coefficient (Wildman–Crippen LogP) is 6.04. The molecule has 2 amide bonds. The van der Waals surface area contributed by atoms with Crippen LogP contribution in [0, 0.1) is 17.8 Å². The van der Waals surface area contributed by atoms with E-state index in [0.29, 0.717) is 49.5 Å². The molecule has 0 saturated heterocycles. The van der Waals surface area contributed by atoms with Crippen LogP contribution in [-0.4, -0.2) is 79.2 Å². The van der Waals surface area contributed by atoms with Crippen molar-refractivity contribution in [3.05, 3.63) is 28.8 Å². The quantitative estimate of drug-likeness (QED) is 0.160. The number of nitrogens with zero attached hydrogens (tertiary/aromatic N) is 1. The second-order valence-corrected chi connectivity index (χ2v) is 13.6. The molecule has 1 aromatic rings.